The molecular formula is C9H11Cl2NO2. The van der Waals surface area contributed by atoms with Gasteiger partial charge in [-0.25, -0.2) is 0 Å². The molecule has 0 saturated carbocycles. The molecule has 0 aliphatic rings. The van der Waals surface area contributed by atoms with Gasteiger partial charge in [-0.15, -0.1) is 11.6 Å². The third-order valence-corrected chi connectivity index (χ3v) is 2.27. The van der Waals surface area contributed by atoms with Crippen molar-refractivity contribution in [2.24, 2.45) is 0 Å². The van der Waals surface area contributed by atoms with Crippen molar-refractivity contribution in [3.05, 3.63) is 29.0 Å². The van der Waals surface area contributed by atoms with Gasteiger partial charge in [0.05, 0.1) is 11.8 Å². The molecule has 14 heavy (non-hydrogen) atoms. The van der Waals surface area contributed by atoms with Crippen LogP contribution in [0.4, 0.5) is 0 Å². The van der Waals surface area contributed by atoms with Crippen LogP contribution in [0.15, 0.2) is 18.3 Å². The number of halogens is 2. The van der Waals surface area contributed by atoms with Gasteiger partial charge >= 0.3 is 0 Å². The predicted octanol–water partition coefficient (Wildman–Crippen LogP) is 1.76. The molecule has 1 heterocycles. The highest BCUT2D eigenvalue weighted by atomic mass is 35.5. The first-order valence-electron chi connectivity index (χ1n) is 4.18. The molecule has 1 aromatic rings. The highest BCUT2D eigenvalue weighted by Gasteiger charge is 2.18. The van der Waals surface area contributed by atoms with Crippen LogP contribution < -0.4 is 0 Å². The Morgan fingerprint density at radius 2 is 2.14 bits per heavy atom. The third kappa shape index (κ3) is 3.10. The van der Waals surface area contributed by atoms with Gasteiger partial charge in [0.25, 0.3) is 0 Å². The van der Waals surface area contributed by atoms with Gasteiger partial charge in [-0.05, 0) is 18.6 Å². The van der Waals surface area contributed by atoms with Crippen molar-refractivity contribution in [3.63, 3.8) is 0 Å². The summed E-state index contributed by atoms with van der Waals surface area (Å²) in [5.41, 5.74) is 0.357. The van der Waals surface area contributed by atoms with Crippen LogP contribution >= 0.6 is 23.2 Å². The van der Waals surface area contributed by atoms with Crippen molar-refractivity contribution in [1.29, 1.82) is 0 Å². The lowest BCUT2D eigenvalue weighted by Crippen LogP contribution is -2.19. The Morgan fingerprint density at radius 1 is 1.43 bits per heavy atom. The molecule has 0 saturated heterocycles. The fourth-order valence-electron chi connectivity index (χ4n) is 1.05. The van der Waals surface area contributed by atoms with Gasteiger partial charge in [0, 0.05) is 17.1 Å². The van der Waals surface area contributed by atoms with Crippen molar-refractivity contribution in [3.8, 4) is 0 Å². The van der Waals surface area contributed by atoms with Gasteiger partial charge in [-0.3, -0.25) is 4.98 Å². The maximum atomic E-state index is 9.61. The maximum Gasteiger partial charge on any atom is 0.122 e. The fourth-order valence-corrected chi connectivity index (χ4v) is 1.44. The molecule has 0 aliphatic carbocycles. The third-order valence-electron chi connectivity index (χ3n) is 1.82. The van der Waals surface area contributed by atoms with E-state index in [2.05, 4.69) is 4.98 Å². The number of aliphatic hydroxyl groups excluding tert-OH is 2. The molecule has 0 amide bonds. The van der Waals surface area contributed by atoms with Crippen molar-refractivity contribution < 1.29 is 10.2 Å². The molecule has 2 atom stereocenters. The van der Waals surface area contributed by atoms with Gasteiger partial charge in [-0.1, -0.05) is 11.6 Å². The zero-order valence-corrected chi connectivity index (χ0v) is 8.91. The summed E-state index contributed by atoms with van der Waals surface area (Å²) in [5.74, 6) is 0.290. The van der Waals surface area contributed by atoms with E-state index in [0.29, 0.717) is 23.0 Å². The topological polar surface area (TPSA) is 53.4 Å². The van der Waals surface area contributed by atoms with Gasteiger partial charge in [0.15, 0.2) is 0 Å². The van der Waals surface area contributed by atoms with E-state index in [9.17, 15) is 10.2 Å². The second-order valence-electron chi connectivity index (χ2n) is 2.89. The molecule has 2 N–H and O–H groups in total. The standard InChI is InChI=1S/C9H11Cl2NO2/c10-3-1-8(13)9(14)7-5-6(11)2-4-12-7/h2,4-5,8-9,13-14H,1,3H2. The molecule has 0 aliphatic heterocycles. The largest absolute Gasteiger partial charge is 0.390 e. The first-order valence-corrected chi connectivity index (χ1v) is 5.10. The lowest BCUT2D eigenvalue weighted by atomic mass is 10.1. The summed E-state index contributed by atoms with van der Waals surface area (Å²) in [6.45, 7) is 0. The number of pyridine rings is 1. The van der Waals surface area contributed by atoms with Crippen molar-refractivity contribution in [2.45, 2.75) is 18.6 Å². The van der Waals surface area contributed by atoms with E-state index in [1.807, 2.05) is 0 Å². The van der Waals surface area contributed by atoms with Crippen molar-refractivity contribution >= 4 is 23.2 Å². The molecule has 0 radical (unpaired) electrons. The minimum absolute atomic E-state index is 0.290. The summed E-state index contributed by atoms with van der Waals surface area (Å²) in [5, 5.41) is 19.5. The highest BCUT2D eigenvalue weighted by Crippen LogP contribution is 2.19. The van der Waals surface area contributed by atoms with Crippen LogP contribution in [0, 0.1) is 0 Å². The second-order valence-corrected chi connectivity index (χ2v) is 3.70. The van der Waals surface area contributed by atoms with Crippen LogP contribution in [-0.4, -0.2) is 27.2 Å². The summed E-state index contributed by atoms with van der Waals surface area (Å²) in [7, 11) is 0. The van der Waals surface area contributed by atoms with Gasteiger partial charge < -0.3 is 10.2 Å². The average Bonchev–Trinajstić information content (AvgIpc) is 2.17. The SMILES string of the molecule is OC(CCCl)C(O)c1cc(Cl)ccn1. The van der Waals surface area contributed by atoms with Crippen LogP contribution in [0.3, 0.4) is 0 Å². The Bertz CT molecular complexity index is 296. The lowest BCUT2D eigenvalue weighted by molar-refractivity contribution is 0.0144. The first-order chi connectivity index (χ1) is 6.65. The van der Waals surface area contributed by atoms with Crippen LogP contribution in [0.1, 0.15) is 18.2 Å². The molecule has 1 rings (SSSR count). The molecule has 0 aromatic carbocycles. The Balaban J connectivity index is 2.73. The Hall–Kier alpha value is -0.350. The minimum Gasteiger partial charge on any atom is -0.390 e. The van der Waals surface area contributed by atoms with Gasteiger partial charge in [0.2, 0.25) is 0 Å². The number of hydrogen-bond donors (Lipinski definition) is 2. The van der Waals surface area contributed by atoms with Crippen LogP contribution in [0.2, 0.25) is 5.02 Å². The molecule has 2 unspecified atom stereocenters. The van der Waals surface area contributed by atoms with E-state index in [0.717, 1.165) is 0 Å². The monoisotopic (exact) mass is 235 g/mol. The fraction of sp³-hybridized carbons (Fsp3) is 0.444. The molecule has 1 aromatic heterocycles. The molecule has 78 valence electrons. The van der Waals surface area contributed by atoms with E-state index in [1.54, 1.807) is 6.07 Å². The Morgan fingerprint density at radius 3 is 2.71 bits per heavy atom. The first kappa shape index (κ1) is 11.7. The molecular weight excluding hydrogens is 225 g/mol. The number of aliphatic hydroxyl groups is 2. The Labute approximate surface area is 92.3 Å². The number of hydrogen-bond acceptors (Lipinski definition) is 3. The molecule has 0 bridgehead atoms. The highest BCUT2D eigenvalue weighted by molar-refractivity contribution is 6.30. The van der Waals surface area contributed by atoms with Gasteiger partial charge in [-0.2, -0.15) is 0 Å². The summed E-state index contributed by atoms with van der Waals surface area (Å²) in [6.07, 6.45) is -0.142. The number of rotatable bonds is 4. The maximum absolute atomic E-state index is 9.61. The summed E-state index contributed by atoms with van der Waals surface area (Å²) in [6, 6.07) is 3.12. The number of nitrogens with zero attached hydrogens (tertiary/aromatic N) is 1. The van der Waals surface area contributed by atoms with Crippen LogP contribution in [-0.2, 0) is 0 Å². The molecule has 5 heteroatoms. The number of aromatic nitrogens is 1. The normalized spacial score (nSPS) is 15.1. The lowest BCUT2D eigenvalue weighted by Gasteiger charge is -2.15. The van der Waals surface area contributed by atoms with E-state index in [1.165, 1.54) is 12.3 Å². The van der Waals surface area contributed by atoms with E-state index >= 15 is 0 Å². The Kier molecular flexibility index (Phi) is 4.62. The second kappa shape index (κ2) is 5.51. The molecule has 0 fully saturated rings. The summed E-state index contributed by atoms with van der Waals surface area (Å²) in [4.78, 5) is 3.91. The van der Waals surface area contributed by atoms with E-state index in [-0.39, 0.29) is 0 Å². The van der Waals surface area contributed by atoms with E-state index in [4.69, 9.17) is 23.2 Å². The summed E-state index contributed by atoms with van der Waals surface area (Å²) >= 11 is 11.2. The smallest absolute Gasteiger partial charge is 0.122 e. The zero-order valence-electron chi connectivity index (χ0n) is 7.40. The zero-order chi connectivity index (χ0) is 10.6. The van der Waals surface area contributed by atoms with E-state index < -0.39 is 12.2 Å². The van der Waals surface area contributed by atoms with Crippen molar-refractivity contribution in [2.75, 3.05) is 5.88 Å². The quantitative estimate of drug-likeness (QED) is 0.783. The van der Waals surface area contributed by atoms with Crippen LogP contribution in [0.25, 0.3) is 0 Å². The predicted molar refractivity (Wildman–Crippen MR) is 55.6 cm³/mol. The summed E-state index contributed by atoms with van der Waals surface area (Å²) < 4.78 is 0. The average molecular weight is 236 g/mol. The van der Waals surface area contributed by atoms with Gasteiger partial charge in [0.1, 0.15) is 6.10 Å². The number of alkyl halides is 1. The molecule has 0 spiro atoms. The minimum atomic E-state index is -1.03. The van der Waals surface area contributed by atoms with Crippen LogP contribution in [0.5, 0.6) is 0 Å². The molecule has 3 nitrogen and oxygen atoms in total. The van der Waals surface area contributed by atoms with Crippen molar-refractivity contribution in [1.82, 2.24) is 4.98 Å².